The molecule has 0 radical (unpaired) electrons. The first-order valence-corrected chi connectivity index (χ1v) is 6.67. The van der Waals surface area contributed by atoms with E-state index >= 15 is 0 Å². The summed E-state index contributed by atoms with van der Waals surface area (Å²) in [6, 6.07) is 10.8. The fourth-order valence-electron chi connectivity index (χ4n) is 1.81. The summed E-state index contributed by atoms with van der Waals surface area (Å²) in [5, 5.41) is 10.1. The Morgan fingerprint density at radius 2 is 2.25 bits per heavy atom. The highest BCUT2D eigenvalue weighted by molar-refractivity contribution is 9.09. The first-order chi connectivity index (χ1) is 7.80. The van der Waals surface area contributed by atoms with E-state index < -0.39 is 0 Å². The maximum absolute atomic E-state index is 9.14. The molecule has 0 spiro atoms. The van der Waals surface area contributed by atoms with Gasteiger partial charge in [-0.05, 0) is 30.4 Å². The minimum Gasteiger partial charge on any atom is -0.197 e. The lowest BCUT2D eigenvalue weighted by Crippen LogP contribution is -2.01. The van der Waals surface area contributed by atoms with E-state index in [1.807, 2.05) is 6.07 Å². The average molecular weight is 276 g/mol. The zero-order valence-electron chi connectivity index (χ0n) is 9.12. The summed E-state index contributed by atoms with van der Waals surface area (Å²) in [5.74, 6) is 0. The van der Waals surface area contributed by atoms with Crippen molar-refractivity contribution in [1.29, 1.82) is 5.26 Å². The molecule has 2 heteroatoms. The van der Waals surface area contributed by atoms with Crippen LogP contribution in [0, 0.1) is 11.3 Å². The van der Waals surface area contributed by atoms with Gasteiger partial charge in [0, 0.05) is 5.33 Å². The maximum Gasteiger partial charge on any atom is 0.0824 e. The molecule has 0 saturated heterocycles. The van der Waals surface area contributed by atoms with Crippen LogP contribution in [0.5, 0.6) is 0 Å². The largest absolute Gasteiger partial charge is 0.197 e. The molecule has 1 aromatic rings. The number of benzene rings is 1. The quantitative estimate of drug-likeness (QED) is 0.761. The van der Waals surface area contributed by atoms with E-state index in [0.717, 1.165) is 24.6 Å². The smallest absolute Gasteiger partial charge is 0.0824 e. The van der Waals surface area contributed by atoms with Crippen LogP contribution < -0.4 is 0 Å². The predicted octanol–water partition coefficient (Wildman–Crippen LogP) is 4.04. The molecule has 0 N–H and O–H groups in total. The number of nitrogens with zero attached hydrogens (tertiary/aromatic N) is 1. The second-order valence-corrected chi connectivity index (χ2v) is 4.99. The summed E-state index contributed by atoms with van der Waals surface area (Å²) in [5.41, 5.74) is 2.20. The number of hydrogen-bond acceptors (Lipinski definition) is 1. The molecule has 0 unspecified atom stereocenters. The summed E-state index contributed by atoms with van der Waals surface area (Å²) < 4.78 is 0. The van der Waals surface area contributed by atoms with Gasteiger partial charge in [0.2, 0.25) is 0 Å². The first-order valence-electron chi connectivity index (χ1n) is 5.55. The van der Waals surface area contributed by atoms with Crippen molar-refractivity contribution < 1.29 is 0 Å². The zero-order valence-corrected chi connectivity index (χ0v) is 10.7. The number of hydrogen-bond donors (Lipinski definition) is 0. The van der Waals surface area contributed by atoms with Crippen molar-refractivity contribution in [2.45, 2.75) is 24.7 Å². The Kier molecular flexibility index (Phi) is 3.46. The third-order valence-electron chi connectivity index (χ3n) is 2.99. The molecule has 0 aromatic heterocycles. The van der Waals surface area contributed by atoms with Gasteiger partial charge in [0.15, 0.2) is 0 Å². The van der Waals surface area contributed by atoms with Crippen LogP contribution in [0.25, 0.3) is 6.08 Å². The van der Waals surface area contributed by atoms with Gasteiger partial charge in [0.1, 0.15) is 0 Å². The second-order valence-electron chi connectivity index (χ2n) is 4.20. The summed E-state index contributed by atoms with van der Waals surface area (Å²) >= 11 is 3.40. The van der Waals surface area contributed by atoms with E-state index in [4.69, 9.17) is 5.26 Å². The highest BCUT2D eigenvalue weighted by Crippen LogP contribution is 2.47. The Morgan fingerprint density at radius 3 is 2.88 bits per heavy atom. The van der Waals surface area contributed by atoms with Gasteiger partial charge in [-0.3, -0.25) is 0 Å². The lowest BCUT2D eigenvalue weighted by molar-refractivity contribution is 0.908. The Bertz CT molecular complexity index is 438. The van der Waals surface area contributed by atoms with E-state index in [-0.39, 0.29) is 5.41 Å². The minimum absolute atomic E-state index is 0.167. The Balaban J connectivity index is 2.18. The van der Waals surface area contributed by atoms with Crippen molar-refractivity contribution in [3.05, 3.63) is 41.5 Å². The predicted molar refractivity (Wildman–Crippen MR) is 70.4 cm³/mol. The molecular weight excluding hydrogens is 262 g/mol. The maximum atomic E-state index is 9.14. The fraction of sp³-hybridized carbons (Fsp3) is 0.357. The van der Waals surface area contributed by atoms with Gasteiger partial charge in [-0.15, -0.1) is 0 Å². The van der Waals surface area contributed by atoms with Crippen LogP contribution in [0.1, 0.15) is 30.4 Å². The van der Waals surface area contributed by atoms with Gasteiger partial charge in [0.05, 0.1) is 11.5 Å². The molecule has 0 aliphatic heterocycles. The van der Waals surface area contributed by atoms with Crippen molar-refractivity contribution in [1.82, 2.24) is 0 Å². The van der Waals surface area contributed by atoms with Crippen LogP contribution in [-0.4, -0.2) is 5.33 Å². The Labute approximate surface area is 105 Å². The van der Waals surface area contributed by atoms with Gasteiger partial charge in [0.25, 0.3) is 0 Å². The van der Waals surface area contributed by atoms with Crippen LogP contribution in [0.2, 0.25) is 0 Å². The molecule has 1 fully saturated rings. The third-order valence-corrected chi connectivity index (χ3v) is 3.45. The molecule has 0 atom stereocenters. The number of rotatable bonds is 4. The molecule has 0 amide bonds. The van der Waals surface area contributed by atoms with E-state index in [9.17, 15) is 0 Å². The van der Waals surface area contributed by atoms with Crippen LogP contribution in [0.15, 0.2) is 30.3 Å². The van der Waals surface area contributed by atoms with Crippen LogP contribution in [0.3, 0.4) is 0 Å². The number of halogens is 1. The number of allylic oxidation sites excluding steroid dienone is 1. The molecule has 1 nitrogen and oxygen atoms in total. The molecule has 82 valence electrons. The monoisotopic (exact) mass is 275 g/mol. The van der Waals surface area contributed by atoms with Gasteiger partial charge < -0.3 is 0 Å². The molecule has 0 bridgehead atoms. The van der Waals surface area contributed by atoms with Crippen molar-refractivity contribution in [2.75, 3.05) is 5.33 Å². The highest BCUT2D eigenvalue weighted by Gasteiger charge is 2.44. The van der Waals surface area contributed by atoms with Crippen molar-refractivity contribution in [3.63, 3.8) is 0 Å². The van der Waals surface area contributed by atoms with Crippen LogP contribution in [0.4, 0.5) is 0 Å². The van der Waals surface area contributed by atoms with Gasteiger partial charge in [-0.1, -0.05) is 52.3 Å². The molecule has 1 aliphatic carbocycles. The molecule has 1 aromatic carbocycles. The minimum atomic E-state index is -0.167. The molecule has 1 saturated carbocycles. The van der Waals surface area contributed by atoms with Crippen molar-refractivity contribution in [3.8, 4) is 6.07 Å². The van der Waals surface area contributed by atoms with Gasteiger partial charge >= 0.3 is 0 Å². The van der Waals surface area contributed by atoms with Crippen molar-refractivity contribution in [2.24, 2.45) is 0 Å². The molecule has 1 aliphatic rings. The number of alkyl halides is 1. The zero-order chi connectivity index (χ0) is 11.4. The SMILES string of the molecule is N#CC1(c2cccc(C=CCCBr)c2)CC1. The lowest BCUT2D eigenvalue weighted by atomic mass is 9.96. The van der Waals surface area contributed by atoms with Gasteiger partial charge in [-0.25, -0.2) is 0 Å². The van der Waals surface area contributed by atoms with Crippen LogP contribution >= 0.6 is 15.9 Å². The standard InChI is InChI=1S/C14H14BrN/c15-9-2-1-4-12-5-3-6-13(10-12)14(11-16)7-8-14/h1,3-6,10H,2,7-9H2. The summed E-state index contributed by atoms with van der Waals surface area (Å²) in [7, 11) is 0. The van der Waals surface area contributed by atoms with Gasteiger partial charge in [-0.2, -0.15) is 5.26 Å². The lowest BCUT2D eigenvalue weighted by Gasteiger charge is -2.06. The van der Waals surface area contributed by atoms with E-state index in [0.29, 0.717) is 0 Å². The van der Waals surface area contributed by atoms with E-state index in [1.165, 1.54) is 11.1 Å². The normalized spacial score (nSPS) is 17.2. The van der Waals surface area contributed by atoms with E-state index in [1.54, 1.807) is 0 Å². The average Bonchev–Trinajstić information content (AvgIpc) is 3.11. The Hall–Kier alpha value is -1.07. The second kappa shape index (κ2) is 4.84. The topological polar surface area (TPSA) is 23.8 Å². The Morgan fingerprint density at radius 1 is 1.44 bits per heavy atom. The molecule has 0 heterocycles. The first kappa shape index (κ1) is 11.4. The van der Waals surface area contributed by atoms with Crippen molar-refractivity contribution >= 4 is 22.0 Å². The molecule has 2 rings (SSSR count). The molecule has 16 heavy (non-hydrogen) atoms. The number of nitriles is 1. The summed E-state index contributed by atoms with van der Waals surface area (Å²) in [6.07, 6.45) is 7.34. The van der Waals surface area contributed by atoms with Crippen LogP contribution in [-0.2, 0) is 5.41 Å². The highest BCUT2D eigenvalue weighted by atomic mass is 79.9. The summed E-state index contributed by atoms with van der Waals surface area (Å²) in [6.45, 7) is 0. The summed E-state index contributed by atoms with van der Waals surface area (Å²) in [4.78, 5) is 0. The van der Waals surface area contributed by atoms with E-state index in [2.05, 4.69) is 52.4 Å². The third kappa shape index (κ3) is 2.36. The molecular formula is C14H14BrN. The fourth-order valence-corrected chi connectivity index (χ4v) is 2.08.